The smallest absolute Gasteiger partial charge is 0.191 e. The number of nitrogens with one attached hydrogen (secondary N) is 2. The van der Waals surface area contributed by atoms with Crippen LogP contribution in [0.4, 0.5) is 5.69 Å². The molecule has 0 radical (unpaired) electrons. The van der Waals surface area contributed by atoms with Crippen LogP contribution in [0.25, 0.3) is 0 Å². The summed E-state index contributed by atoms with van der Waals surface area (Å²) >= 11 is 9.10. The number of hydrogen-bond acceptors (Lipinski definition) is 4. The zero-order valence-electron chi connectivity index (χ0n) is 11.0. The number of hydrogen-bond donors (Lipinski definition) is 2. The van der Waals surface area contributed by atoms with Crippen molar-refractivity contribution in [2.75, 3.05) is 16.8 Å². The number of nitrogens with zero attached hydrogens (tertiary/aromatic N) is 1. The molecular formula is C13H17N3S3. The second kappa shape index (κ2) is 6.63. The highest BCUT2D eigenvalue weighted by atomic mass is 32.2. The lowest BCUT2D eigenvalue weighted by Gasteiger charge is -2.21. The SMILES string of the molecule is C/C(=N\NC(=S)Nc1ccccc1)C1(C)SCCS1. The molecule has 1 aliphatic rings. The van der Waals surface area contributed by atoms with E-state index in [-0.39, 0.29) is 4.08 Å². The number of hydrazone groups is 1. The number of benzene rings is 1. The average Bonchev–Trinajstić information content (AvgIpc) is 2.85. The Morgan fingerprint density at radius 1 is 1.26 bits per heavy atom. The van der Waals surface area contributed by atoms with Crippen LogP contribution in [0.5, 0.6) is 0 Å². The van der Waals surface area contributed by atoms with Gasteiger partial charge in [-0.1, -0.05) is 18.2 Å². The molecule has 1 aromatic carbocycles. The van der Waals surface area contributed by atoms with Gasteiger partial charge in [0.05, 0.1) is 9.79 Å². The maximum absolute atomic E-state index is 5.22. The van der Waals surface area contributed by atoms with Crippen molar-refractivity contribution in [1.29, 1.82) is 0 Å². The maximum atomic E-state index is 5.22. The highest BCUT2D eigenvalue weighted by molar-refractivity contribution is 8.22. The Morgan fingerprint density at radius 3 is 2.53 bits per heavy atom. The van der Waals surface area contributed by atoms with Crippen LogP contribution in [-0.2, 0) is 0 Å². The number of para-hydroxylation sites is 1. The van der Waals surface area contributed by atoms with E-state index < -0.39 is 0 Å². The molecule has 0 amide bonds. The van der Waals surface area contributed by atoms with E-state index in [9.17, 15) is 0 Å². The van der Waals surface area contributed by atoms with E-state index in [1.54, 1.807) is 0 Å². The summed E-state index contributed by atoms with van der Waals surface area (Å²) in [6, 6.07) is 9.83. The van der Waals surface area contributed by atoms with Gasteiger partial charge >= 0.3 is 0 Å². The standard InChI is InChI=1S/C13H17N3S3/c1-10(13(2)18-8-9-19-13)15-16-12(17)14-11-6-4-3-5-7-11/h3-7H,8-9H2,1-2H3,(H2,14,16,17)/b15-10+. The molecule has 1 saturated heterocycles. The summed E-state index contributed by atoms with van der Waals surface area (Å²) in [4.78, 5) is 0. The van der Waals surface area contributed by atoms with Crippen LogP contribution >= 0.6 is 35.7 Å². The summed E-state index contributed by atoms with van der Waals surface area (Å²) in [6.45, 7) is 4.26. The lowest BCUT2D eigenvalue weighted by atomic mass is 10.3. The van der Waals surface area contributed by atoms with E-state index in [4.69, 9.17) is 12.2 Å². The van der Waals surface area contributed by atoms with Gasteiger partial charge in [0.1, 0.15) is 0 Å². The van der Waals surface area contributed by atoms with Gasteiger partial charge in [-0.2, -0.15) is 5.10 Å². The lowest BCUT2D eigenvalue weighted by Crippen LogP contribution is -2.29. The second-order valence-corrected chi connectivity index (χ2v) is 7.97. The van der Waals surface area contributed by atoms with E-state index in [0.717, 1.165) is 11.4 Å². The average molecular weight is 312 g/mol. The topological polar surface area (TPSA) is 36.4 Å². The van der Waals surface area contributed by atoms with Crippen LogP contribution < -0.4 is 10.7 Å². The highest BCUT2D eigenvalue weighted by Gasteiger charge is 2.33. The molecule has 19 heavy (non-hydrogen) atoms. The number of thiocarbonyl (C=S) groups is 1. The van der Waals surface area contributed by atoms with Gasteiger partial charge in [-0.3, -0.25) is 5.43 Å². The van der Waals surface area contributed by atoms with Crippen molar-refractivity contribution in [1.82, 2.24) is 5.43 Å². The molecule has 1 fully saturated rings. The Hall–Kier alpha value is -0.720. The van der Waals surface area contributed by atoms with Crippen molar-refractivity contribution in [2.24, 2.45) is 5.10 Å². The largest absolute Gasteiger partial charge is 0.331 e. The molecule has 0 spiro atoms. The van der Waals surface area contributed by atoms with E-state index in [0.29, 0.717) is 5.11 Å². The minimum absolute atomic E-state index is 0.0787. The summed E-state index contributed by atoms with van der Waals surface area (Å²) < 4.78 is 0.0787. The van der Waals surface area contributed by atoms with Crippen molar-refractivity contribution in [3.05, 3.63) is 30.3 Å². The highest BCUT2D eigenvalue weighted by Crippen LogP contribution is 2.44. The fourth-order valence-electron chi connectivity index (χ4n) is 1.64. The first-order valence-corrected chi connectivity index (χ1v) is 8.43. The van der Waals surface area contributed by atoms with E-state index in [2.05, 4.69) is 22.8 Å². The van der Waals surface area contributed by atoms with Crippen molar-refractivity contribution in [2.45, 2.75) is 17.9 Å². The summed E-state index contributed by atoms with van der Waals surface area (Å²) in [5, 5.41) is 8.01. The number of anilines is 1. The summed E-state index contributed by atoms with van der Waals surface area (Å²) in [6.07, 6.45) is 0. The number of rotatable bonds is 3. The fourth-order valence-corrected chi connectivity index (χ4v) is 4.59. The Morgan fingerprint density at radius 2 is 1.89 bits per heavy atom. The molecule has 0 aliphatic carbocycles. The third kappa shape index (κ3) is 4.12. The van der Waals surface area contributed by atoms with Gasteiger partial charge in [0, 0.05) is 17.2 Å². The predicted octanol–water partition coefficient (Wildman–Crippen LogP) is 3.55. The zero-order chi connectivity index (χ0) is 13.7. The molecule has 0 atom stereocenters. The van der Waals surface area contributed by atoms with E-state index >= 15 is 0 Å². The van der Waals surface area contributed by atoms with Gasteiger partial charge in [0.15, 0.2) is 5.11 Å². The van der Waals surface area contributed by atoms with Crippen LogP contribution in [0, 0.1) is 0 Å². The number of thioether (sulfide) groups is 2. The Labute approximate surface area is 128 Å². The molecular weight excluding hydrogens is 294 g/mol. The molecule has 3 nitrogen and oxygen atoms in total. The Bertz CT molecular complexity index is 467. The van der Waals surface area contributed by atoms with Crippen molar-refractivity contribution >= 4 is 52.3 Å². The lowest BCUT2D eigenvalue weighted by molar-refractivity contribution is 1.01. The van der Waals surface area contributed by atoms with E-state index in [1.807, 2.05) is 60.8 Å². The predicted molar refractivity (Wildman–Crippen MR) is 92.2 cm³/mol. The molecule has 0 unspecified atom stereocenters. The van der Waals surface area contributed by atoms with Crippen molar-refractivity contribution in [3.63, 3.8) is 0 Å². The normalized spacial score (nSPS) is 18.1. The van der Waals surface area contributed by atoms with E-state index in [1.165, 1.54) is 11.5 Å². The van der Waals surface area contributed by atoms with Crippen molar-refractivity contribution in [3.8, 4) is 0 Å². The van der Waals surface area contributed by atoms with Crippen LogP contribution in [-0.4, -0.2) is 26.4 Å². The van der Waals surface area contributed by atoms with Crippen LogP contribution in [0.3, 0.4) is 0 Å². The van der Waals surface area contributed by atoms with Crippen LogP contribution in [0.1, 0.15) is 13.8 Å². The first kappa shape index (κ1) is 14.7. The summed E-state index contributed by atoms with van der Waals surface area (Å²) in [5.41, 5.74) is 4.94. The molecule has 0 aromatic heterocycles. The van der Waals surface area contributed by atoms with Gasteiger partial charge in [0.2, 0.25) is 0 Å². The quantitative estimate of drug-likeness (QED) is 0.507. The van der Waals surface area contributed by atoms with Gasteiger partial charge in [-0.15, -0.1) is 23.5 Å². The zero-order valence-corrected chi connectivity index (χ0v) is 13.4. The minimum Gasteiger partial charge on any atom is -0.331 e. The minimum atomic E-state index is 0.0787. The monoisotopic (exact) mass is 311 g/mol. The first-order chi connectivity index (χ1) is 9.10. The molecule has 2 rings (SSSR count). The fraction of sp³-hybridized carbons (Fsp3) is 0.385. The molecule has 1 heterocycles. The molecule has 0 bridgehead atoms. The molecule has 1 aromatic rings. The van der Waals surface area contributed by atoms with Gasteiger partial charge in [-0.05, 0) is 38.2 Å². The van der Waals surface area contributed by atoms with Crippen LogP contribution in [0.15, 0.2) is 35.4 Å². The van der Waals surface area contributed by atoms with Gasteiger partial charge in [0.25, 0.3) is 0 Å². The third-order valence-electron chi connectivity index (χ3n) is 2.85. The second-order valence-electron chi connectivity index (χ2n) is 4.27. The summed E-state index contributed by atoms with van der Waals surface area (Å²) in [7, 11) is 0. The molecule has 2 N–H and O–H groups in total. The van der Waals surface area contributed by atoms with Crippen molar-refractivity contribution < 1.29 is 0 Å². The third-order valence-corrected chi connectivity index (χ3v) is 6.52. The Balaban J connectivity index is 1.89. The molecule has 1 aliphatic heterocycles. The maximum Gasteiger partial charge on any atom is 0.191 e. The van der Waals surface area contributed by atoms with Gasteiger partial charge < -0.3 is 5.32 Å². The molecule has 0 saturated carbocycles. The van der Waals surface area contributed by atoms with Crippen LogP contribution in [0.2, 0.25) is 0 Å². The summed E-state index contributed by atoms with van der Waals surface area (Å²) in [5.74, 6) is 2.36. The molecule has 6 heteroatoms. The molecule has 102 valence electrons. The Kier molecular flexibility index (Phi) is 5.13. The first-order valence-electron chi connectivity index (χ1n) is 6.05. The van der Waals surface area contributed by atoms with Gasteiger partial charge in [-0.25, -0.2) is 0 Å².